The molecule has 0 aromatic carbocycles. The van der Waals surface area contributed by atoms with Gasteiger partial charge in [-0.2, -0.15) is 0 Å². The Bertz CT molecular complexity index is 396. The van der Waals surface area contributed by atoms with E-state index in [4.69, 9.17) is 0 Å². The molecule has 1 aliphatic rings. The molecule has 0 radical (unpaired) electrons. The molecule has 94 valence electrons. The van der Waals surface area contributed by atoms with Crippen molar-refractivity contribution in [3.05, 3.63) is 5.01 Å². The Morgan fingerprint density at radius 2 is 2.35 bits per heavy atom. The molecule has 0 aliphatic carbocycles. The number of halogens is 1. The lowest BCUT2D eigenvalue weighted by molar-refractivity contribution is -0.117. The summed E-state index contributed by atoms with van der Waals surface area (Å²) in [7, 11) is 0. The SMILES string of the molecule is CCCCc1nnc(N2CC(CBr)CC2=O)s1. The fourth-order valence-corrected chi connectivity index (χ4v) is 3.19. The standard InChI is InChI=1S/C11H16BrN3OS/c1-2-3-4-9-13-14-11(17-9)15-7-8(6-12)5-10(15)16/h8H,2-7H2,1H3. The summed E-state index contributed by atoms with van der Waals surface area (Å²) >= 11 is 4.99. The monoisotopic (exact) mass is 317 g/mol. The van der Waals surface area contributed by atoms with Gasteiger partial charge in [-0.05, 0) is 12.3 Å². The molecule has 1 atom stereocenters. The van der Waals surface area contributed by atoms with Crippen LogP contribution in [0.3, 0.4) is 0 Å². The highest BCUT2D eigenvalue weighted by atomic mass is 79.9. The molecule has 17 heavy (non-hydrogen) atoms. The van der Waals surface area contributed by atoms with Crippen molar-refractivity contribution in [3.8, 4) is 0 Å². The smallest absolute Gasteiger partial charge is 0.229 e. The van der Waals surface area contributed by atoms with Crippen LogP contribution in [-0.4, -0.2) is 28.0 Å². The van der Waals surface area contributed by atoms with E-state index in [9.17, 15) is 4.79 Å². The molecule has 0 spiro atoms. The number of hydrogen-bond acceptors (Lipinski definition) is 4. The van der Waals surface area contributed by atoms with Gasteiger partial charge >= 0.3 is 0 Å². The summed E-state index contributed by atoms with van der Waals surface area (Å²) < 4.78 is 0. The maximum absolute atomic E-state index is 11.8. The van der Waals surface area contributed by atoms with Crippen molar-refractivity contribution in [1.29, 1.82) is 0 Å². The van der Waals surface area contributed by atoms with Crippen LogP contribution < -0.4 is 4.90 Å². The number of carbonyl (C=O) groups excluding carboxylic acids is 1. The van der Waals surface area contributed by atoms with E-state index in [0.29, 0.717) is 12.3 Å². The molecule has 1 fully saturated rings. The van der Waals surface area contributed by atoms with Gasteiger partial charge < -0.3 is 0 Å². The van der Waals surface area contributed by atoms with Crippen molar-refractivity contribution >= 4 is 38.3 Å². The first-order valence-electron chi connectivity index (χ1n) is 5.93. The van der Waals surface area contributed by atoms with Crippen molar-refractivity contribution in [3.63, 3.8) is 0 Å². The van der Waals surface area contributed by atoms with Gasteiger partial charge in [-0.3, -0.25) is 9.69 Å². The second-order valence-corrected chi connectivity index (χ2v) is 6.00. The largest absolute Gasteiger partial charge is 0.286 e. The zero-order valence-electron chi connectivity index (χ0n) is 9.86. The molecule has 0 bridgehead atoms. The number of alkyl halides is 1. The minimum absolute atomic E-state index is 0.174. The summed E-state index contributed by atoms with van der Waals surface area (Å²) in [5, 5.41) is 11.0. The van der Waals surface area contributed by atoms with Crippen LogP contribution in [0.2, 0.25) is 0 Å². The first-order chi connectivity index (χ1) is 8.24. The van der Waals surface area contributed by atoms with Gasteiger partial charge in [0, 0.05) is 24.7 Å². The molecule has 4 nitrogen and oxygen atoms in total. The van der Waals surface area contributed by atoms with E-state index in [1.807, 2.05) is 0 Å². The van der Waals surface area contributed by atoms with Gasteiger partial charge in [-0.25, -0.2) is 0 Å². The first kappa shape index (κ1) is 13.0. The molecule has 1 saturated heterocycles. The van der Waals surface area contributed by atoms with Gasteiger partial charge in [0.25, 0.3) is 0 Å². The molecule has 2 heterocycles. The molecule has 1 unspecified atom stereocenters. The van der Waals surface area contributed by atoms with Crippen LogP contribution in [0.1, 0.15) is 31.2 Å². The molecule has 6 heteroatoms. The molecule has 0 saturated carbocycles. The van der Waals surface area contributed by atoms with Crippen LogP contribution in [-0.2, 0) is 11.2 Å². The number of carbonyl (C=O) groups is 1. The minimum atomic E-state index is 0.174. The minimum Gasteiger partial charge on any atom is -0.286 e. The van der Waals surface area contributed by atoms with Gasteiger partial charge in [-0.1, -0.05) is 40.6 Å². The number of amides is 1. The highest BCUT2D eigenvalue weighted by Gasteiger charge is 2.31. The van der Waals surface area contributed by atoms with Crippen molar-refractivity contribution in [1.82, 2.24) is 10.2 Å². The number of nitrogens with zero attached hydrogens (tertiary/aromatic N) is 3. The van der Waals surface area contributed by atoms with Gasteiger partial charge in [0.15, 0.2) is 0 Å². The van der Waals surface area contributed by atoms with Crippen LogP contribution in [0.25, 0.3) is 0 Å². The number of aromatic nitrogens is 2. The van der Waals surface area contributed by atoms with Gasteiger partial charge in [0.1, 0.15) is 5.01 Å². The summed E-state index contributed by atoms with van der Waals surface area (Å²) in [6.07, 6.45) is 3.88. The summed E-state index contributed by atoms with van der Waals surface area (Å²) in [6, 6.07) is 0. The van der Waals surface area contributed by atoms with E-state index in [-0.39, 0.29) is 5.91 Å². The van der Waals surface area contributed by atoms with E-state index >= 15 is 0 Å². The van der Waals surface area contributed by atoms with E-state index < -0.39 is 0 Å². The number of aryl methyl sites for hydroxylation is 1. The predicted molar refractivity (Wildman–Crippen MR) is 72.8 cm³/mol. The third-order valence-corrected chi connectivity index (χ3v) is 4.78. The summed E-state index contributed by atoms with van der Waals surface area (Å²) in [5.74, 6) is 0.582. The van der Waals surface area contributed by atoms with E-state index in [1.165, 1.54) is 0 Å². The quantitative estimate of drug-likeness (QED) is 0.784. The zero-order chi connectivity index (χ0) is 12.3. The van der Waals surface area contributed by atoms with E-state index in [2.05, 4.69) is 33.1 Å². The Morgan fingerprint density at radius 3 is 3.00 bits per heavy atom. The molecule has 1 aliphatic heterocycles. The van der Waals surface area contributed by atoms with Gasteiger partial charge in [0.05, 0.1) is 0 Å². The maximum Gasteiger partial charge on any atom is 0.229 e. The Labute approximate surface area is 114 Å². The summed E-state index contributed by atoms with van der Waals surface area (Å²) in [5.41, 5.74) is 0. The van der Waals surface area contributed by atoms with E-state index in [1.54, 1.807) is 16.2 Å². The molecule has 1 aromatic heterocycles. The Hall–Kier alpha value is -0.490. The predicted octanol–water partition coefficient (Wildman–Crippen LogP) is 2.63. The van der Waals surface area contributed by atoms with Crippen molar-refractivity contribution in [2.24, 2.45) is 5.92 Å². The molecular weight excluding hydrogens is 302 g/mol. The molecule has 0 N–H and O–H groups in total. The fraction of sp³-hybridized carbons (Fsp3) is 0.727. The van der Waals surface area contributed by atoms with Crippen LogP contribution in [0, 0.1) is 5.92 Å². The number of anilines is 1. The fourth-order valence-electron chi connectivity index (χ4n) is 1.85. The average Bonchev–Trinajstić information content (AvgIpc) is 2.92. The third-order valence-electron chi connectivity index (χ3n) is 2.85. The Kier molecular flexibility index (Phi) is 4.50. The lowest BCUT2D eigenvalue weighted by Crippen LogP contribution is -2.24. The van der Waals surface area contributed by atoms with Crippen molar-refractivity contribution in [2.75, 3.05) is 16.8 Å². The maximum atomic E-state index is 11.8. The van der Waals surface area contributed by atoms with Gasteiger partial charge in [-0.15, -0.1) is 10.2 Å². The molecule has 1 amide bonds. The number of hydrogen-bond donors (Lipinski definition) is 0. The highest BCUT2D eigenvalue weighted by Crippen LogP contribution is 2.28. The van der Waals surface area contributed by atoms with Crippen LogP contribution >= 0.6 is 27.3 Å². The summed E-state index contributed by atoms with van der Waals surface area (Å²) in [4.78, 5) is 13.6. The van der Waals surface area contributed by atoms with Crippen LogP contribution in [0.4, 0.5) is 5.13 Å². The molecule has 2 rings (SSSR count). The molecular formula is C11H16BrN3OS. The highest BCUT2D eigenvalue weighted by molar-refractivity contribution is 9.09. The lowest BCUT2D eigenvalue weighted by atomic mass is 10.2. The topological polar surface area (TPSA) is 46.1 Å². The van der Waals surface area contributed by atoms with E-state index in [0.717, 1.165) is 41.3 Å². The second-order valence-electron chi connectivity index (χ2n) is 4.31. The lowest BCUT2D eigenvalue weighted by Gasteiger charge is -2.10. The summed E-state index contributed by atoms with van der Waals surface area (Å²) in [6.45, 7) is 2.93. The van der Waals surface area contributed by atoms with Crippen molar-refractivity contribution < 1.29 is 4.79 Å². The normalized spacial score (nSPS) is 20.2. The Morgan fingerprint density at radius 1 is 1.53 bits per heavy atom. The van der Waals surface area contributed by atoms with Gasteiger partial charge in [0.2, 0.25) is 11.0 Å². The number of unbranched alkanes of at least 4 members (excludes halogenated alkanes) is 1. The van der Waals surface area contributed by atoms with Crippen LogP contribution in [0.15, 0.2) is 0 Å². The molecule has 1 aromatic rings. The van der Waals surface area contributed by atoms with Crippen molar-refractivity contribution in [2.45, 2.75) is 32.6 Å². The van der Waals surface area contributed by atoms with Crippen LogP contribution in [0.5, 0.6) is 0 Å². The third kappa shape index (κ3) is 3.04. The Balaban J connectivity index is 2.02. The number of rotatable bonds is 5. The second kappa shape index (κ2) is 5.91. The average molecular weight is 318 g/mol. The first-order valence-corrected chi connectivity index (χ1v) is 7.87. The zero-order valence-corrected chi connectivity index (χ0v) is 12.3.